The fraction of sp³-hybridized carbons (Fsp3) is 0.312. The highest BCUT2D eigenvalue weighted by Crippen LogP contribution is 2.11. The van der Waals surface area contributed by atoms with Crippen LogP contribution >= 0.6 is 0 Å². The minimum atomic E-state index is -0.110. The lowest BCUT2D eigenvalue weighted by molar-refractivity contribution is 0.0777. The van der Waals surface area contributed by atoms with Gasteiger partial charge in [0.15, 0.2) is 0 Å². The summed E-state index contributed by atoms with van der Waals surface area (Å²) in [5.41, 5.74) is 2.21. The van der Waals surface area contributed by atoms with Crippen molar-refractivity contribution < 1.29 is 4.79 Å². The van der Waals surface area contributed by atoms with Gasteiger partial charge in [-0.2, -0.15) is 0 Å². The molecular weight excluding hydrogens is 264 g/mol. The number of anilines is 1. The van der Waals surface area contributed by atoms with Crippen molar-refractivity contribution in [2.24, 2.45) is 0 Å². The van der Waals surface area contributed by atoms with E-state index in [0.717, 1.165) is 24.3 Å². The predicted octanol–water partition coefficient (Wildman–Crippen LogP) is 2.57. The summed E-state index contributed by atoms with van der Waals surface area (Å²) in [6.45, 7) is 3.44. The second-order valence-corrected chi connectivity index (χ2v) is 4.84. The van der Waals surface area contributed by atoms with Crippen LogP contribution in [0.15, 0.2) is 42.7 Å². The van der Waals surface area contributed by atoms with Gasteiger partial charge >= 0.3 is 0 Å². The van der Waals surface area contributed by atoms with Gasteiger partial charge in [-0.3, -0.25) is 14.8 Å². The van der Waals surface area contributed by atoms with Crippen LogP contribution in [-0.4, -0.2) is 34.4 Å². The third kappa shape index (κ3) is 4.27. The number of hydrogen-bond donors (Lipinski definition) is 1. The Balaban J connectivity index is 2.05. The SMILES string of the molecule is CCCNc1ccnc(C(=O)N(C)Cc2ccccn2)c1. The zero-order valence-electron chi connectivity index (χ0n) is 12.4. The molecular formula is C16H20N4O. The summed E-state index contributed by atoms with van der Waals surface area (Å²) in [5.74, 6) is -0.110. The van der Waals surface area contributed by atoms with Crippen molar-refractivity contribution in [3.05, 3.63) is 54.1 Å². The van der Waals surface area contributed by atoms with Crippen molar-refractivity contribution in [1.82, 2.24) is 14.9 Å². The Morgan fingerprint density at radius 2 is 2.10 bits per heavy atom. The largest absolute Gasteiger partial charge is 0.385 e. The summed E-state index contributed by atoms with van der Waals surface area (Å²) in [6.07, 6.45) is 4.41. The summed E-state index contributed by atoms with van der Waals surface area (Å²) < 4.78 is 0. The molecule has 0 atom stereocenters. The molecule has 110 valence electrons. The Hall–Kier alpha value is -2.43. The van der Waals surface area contributed by atoms with Crippen molar-refractivity contribution in [2.45, 2.75) is 19.9 Å². The zero-order chi connectivity index (χ0) is 15.1. The summed E-state index contributed by atoms with van der Waals surface area (Å²) in [5, 5.41) is 3.26. The average molecular weight is 284 g/mol. The number of carbonyl (C=O) groups excluding carboxylic acids is 1. The number of aromatic nitrogens is 2. The zero-order valence-corrected chi connectivity index (χ0v) is 12.4. The smallest absolute Gasteiger partial charge is 0.272 e. The molecule has 0 aliphatic carbocycles. The Morgan fingerprint density at radius 3 is 2.81 bits per heavy atom. The van der Waals surface area contributed by atoms with Crippen LogP contribution in [0.4, 0.5) is 5.69 Å². The molecule has 0 saturated heterocycles. The molecule has 0 radical (unpaired) electrons. The fourth-order valence-corrected chi connectivity index (χ4v) is 1.93. The van der Waals surface area contributed by atoms with Crippen LogP contribution in [-0.2, 0) is 6.54 Å². The number of hydrogen-bond acceptors (Lipinski definition) is 4. The van der Waals surface area contributed by atoms with Crippen LogP contribution in [0.25, 0.3) is 0 Å². The van der Waals surface area contributed by atoms with E-state index >= 15 is 0 Å². The topological polar surface area (TPSA) is 58.1 Å². The highest BCUT2D eigenvalue weighted by Gasteiger charge is 2.14. The predicted molar refractivity (Wildman–Crippen MR) is 83.1 cm³/mol. The third-order valence-electron chi connectivity index (χ3n) is 3.03. The maximum atomic E-state index is 12.4. The van der Waals surface area contributed by atoms with Gasteiger partial charge in [-0.05, 0) is 30.7 Å². The van der Waals surface area contributed by atoms with Gasteiger partial charge < -0.3 is 10.2 Å². The van der Waals surface area contributed by atoms with Crippen molar-refractivity contribution >= 4 is 11.6 Å². The highest BCUT2D eigenvalue weighted by molar-refractivity contribution is 5.92. The summed E-state index contributed by atoms with van der Waals surface area (Å²) in [4.78, 5) is 22.4. The first-order valence-corrected chi connectivity index (χ1v) is 7.06. The van der Waals surface area contributed by atoms with Crippen LogP contribution in [0, 0.1) is 0 Å². The van der Waals surface area contributed by atoms with Gasteiger partial charge in [0.25, 0.3) is 5.91 Å². The Kier molecular flexibility index (Phi) is 5.26. The van der Waals surface area contributed by atoms with E-state index in [1.165, 1.54) is 0 Å². The van der Waals surface area contributed by atoms with Crippen LogP contribution in [0.3, 0.4) is 0 Å². The average Bonchev–Trinajstić information content (AvgIpc) is 2.53. The number of amides is 1. The second kappa shape index (κ2) is 7.38. The van der Waals surface area contributed by atoms with Gasteiger partial charge in [0.1, 0.15) is 5.69 Å². The lowest BCUT2D eigenvalue weighted by atomic mass is 10.2. The second-order valence-electron chi connectivity index (χ2n) is 4.84. The standard InChI is InChI=1S/C16H20N4O/c1-3-8-17-13-7-10-19-15(11-13)16(21)20(2)12-14-6-4-5-9-18-14/h4-7,9-11H,3,8,12H2,1-2H3,(H,17,19). The first-order chi connectivity index (χ1) is 10.2. The molecule has 0 aliphatic heterocycles. The number of nitrogens with one attached hydrogen (secondary N) is 1. The molecule has 21 heavy (non-hydrogen) atoms. The van der Waals surface area contributed by atoms with E-state index in [-0.39, 0.29) is 5.91 Å². The van der Waals surface area contributed by atoms with Crippen molar-refractivity contribution in [1.29, 1.82) is 0 Å². The van der Waals surface area contributed by atoms with E-state index in [1.54, 1.807) is 30.4 Å². The van der Waals surface area contributed by atoms with E-state index in [9.17, 15) is 4.79 Å². The molecule has 1 N–H and O–H groups in total. The normalized spacial score (nSPS) is 10.2. The van der Waals surface area contributed by atoms with Gasteiger partial charge in [0.05, 0.1) is 12.2 Å². The minimum Gasteiger partial charge on any atom is -0.385 e. The maximum Gasteiger partial charge on any atom is 0.272 e. The molecule has 5 nitrogen and oxygen atoms in total. The van der Waals surface area contributed by atoms with E-state index in [4.69, 9.17) is 0 Å². The summed E-state index contributed by atoms with van der Waals surface area (Å²) >= 11 is 0. The molecule has 0 spiro atoms. The van der Waals surface area contributed by atoms with E-state index < -0.39 is 0 Å². The summed E-state index contributed by atoms with van der Waals surface area (Å²) in [7, 11) is 1.75. The molecule has 2 aromatic rings. The van der Waals surface area contributed by atoms with E-state index in [0.29, 0.717) is 12.2 Å². The van der Waals surface area contributed by atoms with Gasteiger partial charge in [0, 0.05) is 31.7 Å². The lowest BCUT2D eigenvalue weighted by Gasteiger charge is -2.16. The van der Waals surface area contributed by atoms with Gasteiger partial charge in [-0.15, -0.1) is 0 Å². The fourth-order valence-electron chi connectivity index (χ4n) is 1.93. The number of pyridine rings is 2. The van der Waals surface area contributed by atoms with Crippen molar-refractivity contribution in [2.75, 3.05) is 18.9 Å². The molecule has 2 aromatic heterocycles. The van der Waals surface area contributed by atoms with Crippen molar-refractivity contribution in [3.8, 4) is 0 Å². The van der Waals surface area contributed by atoms with Crippen molar-refractivity contribution in [3.63, 3.8) is 0 Å². The molecule has 2 heterocycles. The molecule has 0 saturated carbocycles. The molecule has 0 unspecified atom stereocenters. The number of nitrogens with zero attached hydrogens (tertiary/aromatic N) is 3. The molecule has 5 heteroatoms. The Morgan fingerprint density at radius 1 is 1.24 bits per heavy atom. The Bertz CT molecular complexity index is 586. The first-order valence-electron chi connectivity index (χ1n) is 7.06. The van der Waals surface area contributed by atoms with Gasteiger partial charge in [0.2, 0.25) is 0 Å². The van der Waals surface area contributed by atoms with E-state index in [2.05, 4.69) is 22.2 Å². The van der Waals surface area contributed by atoms with Gasteiger partial charge in [-0.25, -0.2) is 0 Å². The number of carbonyl (C=O) groups is 1. The minimum absolute atomic E-state index is 0.110. The molecule has 1 amide bonds. The van der Waals surface area contributed by atoms with Gasteiger partial charge in [-0.1, -0.05) is 13.0 Å². The summed E-state index contributed by atoms with van der Waals surface area (Å²) in [6, 6.07) is 9.32. The van der Waals surface area contributed by atoms with Crippen LogP contribution in [0.2, 0.25) is 0 Å². The molecule has 0 fully saturated rings. The lowest BCUT2D eigenvalue weighted by Crippen LogP contribution is -2.27. The van der Waals surface area contributed by atoms with E-state index in [1.807, 2.05) is 24.3 Å². The highest BCUT2D eigenvalue weighted by atomic mass is 16.2. The quantitative estimate of drug-likeness (QED) is 0.885. The third-order valence-corrected chi connectivity index (χ3v) is 3.03. The van der Waals surface area contributed by atoms with Crippen LogP contribution in [0.5, 0.6) is 0 Å². The Labute approximate surface area is 125 Å². The molecule has 2 rings (SSSR count). The monoisotopic (exact) mass is 284 g/mol. The maximum absolute atomic E-state index is 12.4. The van der Waals surface area contributed by atoms with Crippen LogP contribution < -0.4 is 5.32 Å². The molecule has 0 bridgehead atoms. The molecule has 0 aliphatic rings. The first kappa shape index (κ1) is 15.0. The molecule has 0 aromatic carbocycles. The number of rotatable bonds is 6. The van der Waals surface area contributed by atoms with Crippen LogP contribution in [0.1, 0.15) is 29.5 Å².